The lowest BCUT2D eigenvalue weighted by Crippen LogP contribution is -2.28. The standard InChI is InChI=1S/C20H16ClF3N4O/c1-12-25-10-15(11-26-12)14-4-2-13(3-5-14)9-27-19(29)28-16-6-7-18(21)17(8-16)20(22,23)24/h2-8,10-11H,9H2,1H3,(H2,27,28,29). The zero-order valence-electron chi connectivity index (χ0n) is 15.2. The summed E-state index contributed by atoms with van der Waals surface area (Å²) in [6, 6.07) is 9.97. The molecule has 150 valence electrons. The molecule has 3 rings (SSSR count). The molecule has 0 fully saturated rings. The van der Waals surface area contributed by atoms with Gasteiger partial charge in [-0.3, -0.25) is 0 Å². The van der Waals surface area contributed by atoms with Crippen LogP contribution in [0.2, 0.25) is 5.02 Å². The fourth-order valence-electron chi connectivity index (χ4n) is 2.53. The molecule has 1 heterocycles. The Morgan fingerprint density at radius 3 is 2.31 bits per heavy atom. The number of halogens is 4. The number of amides is 2. The Kier molecular flexibility index (Phi) is 6.03. The lowest BCUT2D eigenvalue weighted by molar-refractivity contribution is -0.137. The molecule has 0 saturated carbocycles. The van der Waals surface area contributed by atoms with Gasteiger partial charge in [-0.15, -0.1) is 0 Å². The van der Waals surface area contributed by atoms with Crippen LogP contribution in [0.4, 0.5) is 23.7 Å². The molecule has 3 aromatic rings. The minimum Gasteiger partial charge on any atom is -0.334 e. The normalized spacial score (nSPS) is 11.2. The first-order valence-corrected chi connectivity index (χ1v) is 8.90. The van der Waals surface area contributed by atoms with E-state index in [1.54, 1.807) is 19.3 Å². The summed E-state index contributed by atoms with van der Waals surface area (Å²) in [4.78, 5) is 20.3. The summed E-state index contributed by atoms with van der Waals surface area (Å²) in [6.07, 6.45) is -1.15. The summed E-state index contributed by atoms with van der Waals surface area (Å²) >= 11 is 5.57. The number of aryl methyl sites for hydroxylation is 1. The predicted molar refractivity (Wildman–Crippen MR) is 105 cm³/mol. The van der Waals surface area contributed by atoms with Crippen LogP contribution < -0.4 is 10.6 Å². The van der Waals surface area contributed by atoms with Crippen molar-refractivity contribution >= 4 is 23.3 Å². The second-order valence-electron chi connectivity index (χ2n) is 6.22. The number of nitrogens with zero attached hydrogens (tertiary/aromatic N) is 2. The maximum absolute atomic E-state index is 12.9. The number of urea groups is 1. The van der Waals surface area contributed by atoms with E-state index >= 15 is 0 Å². The predicted octanol–water partition coefficient (Wildman–Crippen LogP) is 5.45. The fourth-order valence-corrected chi connectivity index (χ4v) is 2.76. The molecule has 0 saturated heterocycles. The van der Waals surface area contributed by atoms with E-state index in [9.17, 15) is 18.0 Å². The maximum atomic E-state index is 12.9. The zero-order valence-corrected chi connectivity index (χ0v) is 16.0. The average molecular weight is 421 g/mol. The molecular formula is C20H16ClF3N4O. The third-order valence-electron chi connectivity index (χ3n) is 4.05. The van der Waals surface area contributed by atoms with Crippen LogP contribution in [-0.4, -0.2) is 16.0 Å². The van der Waals surface area contributed by atoms with Gasteiger partial charge in [0, 0.05) is 30.2 Å². The number of nitrogens with one attached hydrogen (secondary N) is 2. The number of carbonyl (C=O) groups excluding carboxylic acids is 1. The Bertz CT molecular complexity index is 1010. The minimum atomic E-state index is -4.60. The number of anilines is 1. The number of hydrogen-bond acceptors (Lipinski definition) is 3. The summed E-state index contributed by atoms with van der Waals surface area (Å²) in [5, 5.41) is 4.54. The number of rotatable bonds is 4. The highest BCUT2D eigenvalue weighted by Gasteiger charge is 2.33. The van der Waals surface area contributed by atoms with Crippen LogP contribution in [0, 0.1) is 6.92 Å². The Morgan fingerprint density at radius 2 is 1.69 bits per heavy atom. The lowest BCUT2D eigenvalue weighted by Gasteiger charge is -2.12. The van der Waals surface area contributed by atoms with Crippen molar-refractivity contribution in [3.8, 4) is 11.1 Å². The van der Waals surface area contributed by atoms with Crippen LogP contribution in [-0.2, 0) is 12.7 Å². The smallest absolute Gasteiger partial charge is 0.334 e. The van der Waals surface area contributed by atoms with Gasteiger partial charge >= 0.3 is 12.2 Å². The largest absolute Gasteiger partial charge is 0.417 e. The van der Waals surface area contributed by atoms with Crippen LogP contribution in [0.15, 0.2) is 54.9 Å². The zero-order chi connectivity index (χ0) is 21.0. The van der Waals surface area contributed by atoms with Gasteiger partial charge in [0.25, 0.3) is 0 Å². The van der Waals surface area contributed by atoms with Gasteiger partial charge in [-0.25, -0.2) is 14.8 Å². The van der Waals surface area contributed by atoms with Gasteiger partial charge in [-0.2, -0.15) is 13.2 Å². The van der Waals surface area contributed by atoms with Crippen LogP contribution in [0.25, 0.3) is 11.1 Å². The van der Waals surface area contributed by atoms with E-state index in [-0.39, 0.29) is 12.2 Å². The van der Waals surface area contributed by atoms with Crippen LogP contribution in [0.5, 0.6) is 0 Å². The van der Waals surface area contributed by atoms with Crippen molar-refractivity contribution < 1.29 is 18.0 Å². The van der Waals surface area contributed by atoms with E-state index in [1.165, 1.54) is 6.07 Å². The van der Waals surface area contributed by atoms with Crippen molar-refractivity contribution in [1.29, 1.82) is 0 Å². The highest BCUT2D eigenvalue weighted by molar-refractivity contribution is 6.31. The molecule has 1 aromatic heterocycles. The van der Waals surface area contributed by atoms with Gasteiger partial charge in [-0.05, 0) is 36.2 Å². The topological polar surface area (TPSA) is 66.9 Å². The molecule has 0 bridgehead atoms. The van der Waals surface area contributed by atoms with Crippen molar-refractivity contribution in [2.45, 2.75) is 19.6 Å². The molecule has 0 unspecified atom stereocenters. The summed E-state index contributed by atoms with van der Waals surface area (Å²) in [7, 11) is 0. The van der Waals surface area contributed by atoms with Crippen LogP contribution >= 0.6 is 11.6 Å². The highest BCUT2D eigenvalue weighted by Crippen LogP contribution is 2.36. The number of hydrogen-bond donors (Lipinski definition) is 2. The molecular weight excluding hydrogens is 405 g/mol. The van der Waals surface area contributed by atoms with Crippen LogP contribution in [0.1, 0.15) is 17.0 Å². The molecule has 9 heteroatoms. The van der Waals surface area contributed by atoms with Crippen molar-refractivity contribution in [1.82, 2.24) is 15.3 Å². The van der Waals surface area contributed by atoms with Crippen molar-refractivity contribution in [3.05, 3.63) is 76.8 Å². The Balaban J connectivity index is 1.59. The number of benzene rings is 2. The Morgan fingerprint density at radius 1 is 1.03 bits per heavy atom. The number of aromatic nitrogens is 2. The van der Waals surface area contributed by atoms with E-state index in [0.29, 0.717) is 5.82 Å². The molecule has 0 aliphatic heterocycles. The van der Waals surface area contributed by atoms with Crippen LogP contribution in [0.3, 0.4) is 0 Å². The molecule has 2 amide bonds. The van der Waals surface area contributed by atoms with Gasteiger partial charge in [0.15, 0.2) is 0 Å². The first kappa shape index (κ1) is 20.6. The molecule has 5 nitrogen and oxygen atoms in total. The van der Waals surface area contributed by atoms with E-state index < -0.39 is 22.8 Å². The summed E-state index contributed by atoms with van der Waals surface area (Å²) in [6.45, 7) is 2.01. The van der Waals surface area contributed by atoms with Gasteiger partial charge in [-0.1, -0.05) is 35.9 Å². The van der Waals surface area contributed by atoms with Gasteiger partial charge in [0.2, 0.25) is 0 Å². The average Bonchev–Trinajstić information content (AvgIpc) is 2.68. The molecule has 2 N–H and O–H groups in total. The fraction of sp³-hybridized carbons (Fsp3) is 0.150. The molecule has 29 heavy (non-hydrogen) atoms. The Labute approximate surface area is 170 Å². The van der Waals surface area contributed by atoms with Crippen molar-refractivity contribution in [2.75, 3.05) is 5.32 Å². The quantitative estimate of drug-likeness (QED) is 0.590. The SMILES string of the molecule is Cc1ncc(-c2ccc(CNC(=O)Nc3ccc(Cl)c(C(F)(F)F)c3)cc2)cn1. The minimum absolute atomic E-state index is 0.00561. The summed E-state index contributed by atoms with van der Waals surface area (Å²) < 4.78 is 38.7. The molecule has 0 aliphatic carbocycles. The van der Waals surface area contributed by atoms with E-state index in [2.05, 4.69) is 20.6 Å². The number of carbonyl (C=O) groups is 1. The maximum Gasteiger partial charge on any atom is 0.417 e. The third kappa shape index (κ3) is 5.45. The molecule has 0 spiro atoms. The molecule has 2 aromatic carbocycles. The van der Waals surface area contributed by atoms with E-state index in [0.717, 1.165) is 28.8 Å². The van der Waals surface area contributed by atoms with Gasteiger partial charge in [0.1, 0.15) is 5.82 Å². The summed E-state index contributed by atoms with van der Waals surface area (Å²) in [5.74, 6) is 0.684. The lowest BCUT2D eigenvalue weighted by atomic mass is 10.1. The second-order valence-corrected chi connectivity index (χ2v) is 6.62. The van der Waals surface area contributed by atoms with Gasteiger partial charge < -0.3 is 10.6 Å². The second kappa shape index (κ2) is 8.48. The molecule has 0 aliphatic rings. The Hall–Kier alpha value is -3.13. The van der Waals surface area contributed by atoms with E-state index in [1.807, 2.05) is 24.3 Å². The highest BCUT2D eigenvalue weighted by atomic mass is 35.5. The first-order chi connectivity index (χ1) is 13.7. The van der Waals surface area contributed by atoms with Crippen molar-refractivity contribution in [2.24, 2.45) is 0 Å². The van der Waals surface area contributed by atoms with E-state index in [4.69, 9.17) is 11.6 Å². The molecule has 0 atom stereocenters. The monoisotopic (exact) mass is 420 g/mol. The number of alkyl halides is 3. The summed E-state index contributed by atoms with van der Waals surface area (Å²) in [5.41, 5.74) is 1.61. The first-order valence-electron chi connectivity index (χ1n) is 8.52. The molecule has 0 radical (unpaired) electrons. The van der Waals surface area contributed by atoms with Gasteiger partial charge in [0.05, 0.1) is 10.6 Å². The third-order valence-corrected chi connectivity index (χ3v) is 4.38. The van der Waals surface area contributed by atoms with Crippen molar-refractivity contribution in [3.63, 3.8) is 0 Å².